The van der Waals surface area contributed by atoms with Gasteiger partial charge in [0.25, 0.3) is 0 Å². The van der Waals surface area contributed by atoms with Crippen LogP contribution in [0, 0.1) is 0 Å². The summed E-state index contributed by atoms with van der Waals surface area (Å²) in [6.07, 6.45) is 3.39. The quantitative estimate of drug-likeness (QED) is 0.943. The van der Waals surface area contributed by atoms with E-state index in [4.69, 9.17) is 9.47 Å². The fourth-order valence-corrected chi connectivity index (χ4v) is 2.73. The van der Waals surface area contributed by atoms with Crippen LogP contribution in [-0.4, -0.2) is 21.8 Å². The first-order valence-corrected chi connectivity index (χ1v) is 7.14. The van der Waals surface area contributed by atoms with Crippen LogP contribution < -0.4 is 9.47 Å². The van der Waals surface area contributed by atoms with Crippen LogP contribution >= 0.6 is 0 Å². The van der Waals surface area contributed by atoms with E-state index in [0.717, 1.165) is 17.0 Å². The third-order valence-electron chi connectivity index (χ3n) is 3.87. The van der Waals surface area contributed by atoms with Gasteiger partial charge in [-0.2, -0.15) is 0 Å². The highest BCUT2D eigenvalue weighted by Crippen LogP contribution is 2.42. The molecular weight excluding hydrogens is 268 g/mol. The third-order valence-corrected chi connectivity index (χ3v) is 3.87. The summed E-state index contributed by atoms with van der Waals surface area (Å²) < 4.78 is 13.4. The SMILES string of the molecule is COc1ccc2c(c1)OC(c1cncn1C(C)C)C[C@@H]2O. The molecule has 1 aromatic heterocycles. The summed E-state index contributed by atoms with van der Waals surface area (Å²) in [6.45, 7) is 4.20. The zero-order chi connectivity index (χ0) is 15.0. The Morgan fingerprint density at radius 1 is 1.43 bits per heavy atom. The minimum atomic E-state index is -0.542. The van der Waals surface area contributed by atoms with Crippen molar-refractivity contribution in [2.75, 3.05) is 7.11 Å². The molecule has 0 saturated carbocycles. The molecule has 2 atom stereocenters. The van der Waals surface area contributed by atoms with Gasteiger partial charge >= 0.3 is 0 Å². The minimum absolute atomic E-state index is 0.204. The fraction of sp³-hybridized carbons (Fsp3) is 0.438. The van der Waals surface area contributed by atoms with Crippen molar-refractivity contribution in [1.82, 2.24) is 9.55 Å². The molecule has 0 spiro atoms. The molecule has 1 unspecified atom stereocenters. The molecule has 5 heteroatoms. The van der Waals surface area contributed by atoms with Gasteiger partial charge in [-0.25, -0.2) is 4.98 Å². The van der Waals surface area contributed by atoms with Crippen LogP contribution in [0.4, 0.5) is 0 Å². The molecule has 5 nitrogen and oxygen atoms in total. The molecule has 3 rings (SSSR count). The Hall–Kier alpha value is -2.01. The number of aromatic nitrogens is 2. The van der Waals surface area contributed by atoms with Crippen LogP contribution in [0.2, 0.25) is 0 Å². The summed E-state index contributed by atoms with van der Waals surface area (Å²) in [4.78, 5) is 4.21. The highest BCUT2D eigenvalue weighted by Gasteiger charge is 2.30. The average molecular weight is 288 g/mol. The summed E-state index contributed by atoms with van der Waals surface area (Å²) in [5.41, 5.74) is 1.79. The number of methoxy groups -OCH3 is 1. The number of nitrogens with zero attached hydrogens (tertiary/aromatic N) is 2. The van der Waals surface area contributed by atoms with Crippen LogP contribution in [-0.2, 0) is 0 Å². The maximum absolute atomic E-state index is 10.4. The summed E-state index contributed by atoms with van der Waals surface area (Å²) in [5.74, 6) is 1.40. The molecule has 112 valence electrons. The van der Waals surface area contributed by atoms with E-state index in [9.17, 15) is 5.11 Å². The zero-order valence-electron chi connectivity index (χ0n) is 12.5. The van der Waals surface area contributed by atoms with E-state index in [0.29, 0.717) is 18.2 Å². The Morgan fingerprint density at radius 3 is 2.95 bits per heavy atom. The number of aliphatic hydroxyl groups is 1. The van der Waals surface area contributed by atoms with Gasteiger partial charge in [0.15, 0.2) is 0 Å². The number of ether oxygens (including phenoxy) is 2. The molecule has 1 aromatic carbocycles. The fourth-order valence-electron chi connectivity index (χ4n) is 2.73. The molecule has 21 heavy (non-hydrogen) atoms. The largest absolute Gasteiger partial charge is 0.497 e. The van der Waals surface area contributed by atoms with E-state index in [1.54, 1.807) is 13.4 Å². The van der Waals surface area contributed by atoms with E-state index < -0.39 is 6.10 Å². The number of imidazole rings is 1. The minimum Gasteiger partial charge on any atom is -0.497 e. The van der Waals surface area contributed by atoms with E-state index in [1.165, 1.54) is 0 Å². The van der Waals surface area contributed by atoms with Crippen LogP contribution in [0.3, 0.4) is 0 Å². The third kappa shape index (κ3) is 2.49. The van der Waals surface area contributed by atoms with Crippen molar-refractivity contribution in [2.45, 2.75) is 38.5 Å². The molecule has 2 aromatic rings. The number of hydrogen-bond donors (Lipinski definition) is 1. The second kappa shape index (κ2) is 5.41. The summed E-state index contributed by atoms with van der Waals surface area (Å²) >= 11 is 0. The highest BCUT2D eigenvalue weighted by molar-refractivity contribution is 5.43. The topological polar surface area (TPSA) is 56.5 Å². The van der Waals surface area contributed by atoms with Crippen molar-refractivity contribution in [3.63, 3.8) is 0 Å². The molecule has 1 aliphatic heterocycles. The molecule has 2 heterocycles. The van der Waals surface area contributed by atoms with Gasteiger partial charge in [0, 0.05) is 24.1 Å². The van der Waals surface area contributed by atoms with Crippen molar-refractivity contribution in [2.24, 2.45) is 0 Å². The number of rotatable bonds is 3. The lowest BCUT2D eigenvalue weighted by molar-refractivity contribution is 0.0611. The van der Waals surface area contributed by atoms with Crippen LogP contribution in [0.25, 0.3) is 0 Å². The van der Waals surface area contributed by atoms with Gasteiger partial charge in [0.2, 0.25) is 0 Å². The molecule has 1 aliphatic rings. The predicted molar refractivity (Wildman–Crippen MR) is 78.6 cm³/mol. The van der Waals surface area contributed by atoms with Crippen molar-refractivity contribution in [1.29, 1.82) is 0 Å². The molecule has 0 bridgehead atoms. The van der Waals surface area contributed by atoms with E-state index in [2.05, 4.69) is 23.4 Å². The number of fused-ring (bicyclic) bond motifs is 1. The Bertz CT molecular complexity index is 636. The second-order valence-corrected chi connectivity index (χ2v) is 5.58. The zero-order valence-corrected chi connectivity index (χ0v) is 12.5. The molecule has 0 amide bonds. The van der Waals surface area contributed by atoms with Crippen LogP contribution in [0.15, 0.2) is 30.7 Å². The second-order valence-electron chi connectivity index (χ2n) is 5.58. The van der Waals surface area contributed by atoms with Crippen molar-refractivity contribution in [3.05, 3.63) is 42.0 Å². The lowest BCUT2D eigenvalue weighted by atomic mass is 9.97. The predicted octanol–water partition coefficient (Wildman–Crippen LogP) is 3.03. The van der Waals surface area contributed by atoms with Gasteiger partial charge in [0.1, 0.15) is 17.6 Å². The standard InChI is InChI=1S/C16H20N2O3/c1-10(2)18-9-17-8-13(18)16-7-14(19)12-5-4-11(20-3)6-15(12)21-16/h4-6,8-10,14,16,19H,7H2,1-3H3/t14-,16?/m0/s1. The van der Waals surface area contributed by atoms with Gasteiger partial charge in [-0.05, 0) is 26.0 Å². The Balaban J connectivity index is 1.95. The number of aliphatic hydroxyl groups excluding tert-OH is 1. The Morgan fingerprint density at radius 2 is 2.24 bits per heavy atom. The monoisotopic (exact) mass is 288 g/mol. The normalized spacial score (nSPS) is 21.0. The van der Waals surface area contributed by atoms with Gasteiger partial charge in [-0.3, -0.25) is 0 Å². The summed E-state index contributed by atoms with van der Waals surface area (Å²) in [5, 5.41) is 10.4. The van der Waals surface area contributed by atoms with Gasteiger partial charge in [0.05, 0.1) is 31.4 Å². The molecule has 0 saturated heterocycles. The lowest BCUT2D eigenvalue weighted by Gasteiger charge is -2.30. The van der Waals surface area contributed by atoms with E-state index in [1.807, 2.05) is 24.4 Å². The van der Waals surface area contributed by atoms with Crippen molar-refractivity contribution < 1.29 is 14.6 Å². The lowest BCUT2D eigenvalue weighted by Crippen LogP contribution is -2.22. The maximum atomic E-state index is 10.4. The maximum Gasteiger partial charge on any atom is 0.143 e. The molecule has 0 radical (unpaired) electrons. The first-order chi connectivity index (χ1) is 10.1. The van der Waals surface area contributed by atoms with Crippen molar-refractivity contribution >= 4 is 0 Å². The summed E-state index contributed by atoms with van der Waals surface area (Å²) in [7, 11) is 1.62. The smallest absolute Gasteiger partial charge is 0.143 e. The molecule has 1 N–H and O–H groups in total. The molecular formula is C16H20N2O3. The van der Waals surface area contributed by atoms with Crippen molar-refractivity contribution in [3.8, 4) is 11.5 Å². The first kappa shape index (κ1) is 13.9. The highest BCUT2D eigenvalue weighted by atomic mass is 16.5. The molecule has 0 fully saturated rings. The van der Waals surface area contributed by atoms with E-state index >= 15 is 0 Å². The van der Waals surface area contributed by atoms with Crippen LogP contribution in [0.1, 0.15) is 49.8 Å². The molecule has 0 aliphatic carbocycles. The van der Waals surface area contributed by atoms with Gasteiger partial charge in [-0.15, -0.1) is 0 Å². The Labute approximate surface area is 124 Å². The van der Waals surface area contributed by atoms with Gasteiger partial charge < -0.3 is 19.1 Å². The Kier molecular flexibility index (Phi) is 3.59. The van der Waals surface area contributed by atoms with E-state index in [-0.39, 0.29) is 6.10 Å². The number of hydrogen-bond acceptors (Lipinski definition) is 4. The first-order valence-electron chi connectivity index (χ1n) is 7.14. The van der Waals surface area contributed by atoms with Gasteiger partial charge in [-0.1, -0.05) is 0 Å². The van der Waals surface area contributed by atoms with Crippen LogP contribution in [0.5, 0.6) is 11.5 Å². The average Bonchev–Trinajstić information content (AvgIpc) is 2.96. The number of benzene rings is 1. The summed E-state index contributed by atoms with van der Waals surface area (Å²) in [6, 6.07) is 5.81.